The molecule has 1 saturated heterocycles. The lowest BCUT2D eigenvalue weighted by atomic mass is 10.2. The van der Waals surface area contributed by atoms with E-state index in [-0.39, 0.29) is 17.5 Å². The Morgan fingerprint density at radius 2 is 2.10 bits per heavy atom. The zero-order chi connectivity index (χ0) is 15.6. The van der Waals surface area contributed by atoms with E-state index in [1.165, 1.54) is 0 Å². The van der Waals surface area contributed by atoms with Crippen LogP contribution in [-0.2, 0) is 9.84 Å². The van der Waals surface area contributed by atoms with Gasteiger partial charge in [-0.25, -0.2) is 13.4 Å². The first-order valence-electron chi connectivity index (χ1n) is 6.83. The molecule has 1 aliphatic rings. The molecule has 0 aromatic heterocycles. The Morgan fingerprint density at radius 1 is 1.38 bits per heavy atom. The summed E-state index contributed by atoms with van der Waals surface area (Å²) >= 11 is 5.47. The number of anilines is 1. The van der Waals surface area contributed by atoms with Crippen LogP contribution in [0.3, 0.4) is 0 Å². The fraction of sp³-hybridized carbons (Fsp3) is 0.500. The number of hydrogen-bond acceptors (Lipinski definition) is 4. The minimum atomic E-state index is -2.94. The van der Waals surface area contributed by atoms with Gasteiger partial charge in [0.25, 0.3) is 0 Å². The quantitative estimate of drug-likeness (QED) is 0.673. The van der Waals surface area contributed by atoms with Crippen LogP contribution in [0.15, 0.2) is 24.3 Å². The Hall–Kier alpha value is -1.18. The molecule has 1 aromatic carbocycles. The van der Waals surface area contributed by atoms with Crippen LogP contribution in [0.2, 0.25) is 0 Å². The van der Waals surface area contributed by atoms with Crippen LogP contribution in [-0.4, -0.2) is 55.2 Å². The first kappa shape index (κ1) is 16.2. The average Bonchev–Trinajstić information content (AvgIpc) is 2.68. The Labute approximate surface area is 131 Å². The van der Waals surface area contributed by atoms with Gasteiger partial charge in [-0.3, -0.25) is 5.01 Å². The number of hydrogen-bond donors (Lipinski definition) is 1. The van der Waals surface area contributed by atoms with Crippen molar-refractivity contribution in [2.24, 2.45) is 0 Å². The van der Waals surface area contributed by atoms with Gasteiger partial charge in [0.1, 0.15) is 0 Å². The lowest BCUT2D eigenvalue weighted by molar-refractivity contribution is 0.0757. The Kier molecular flexibility index (Phi) is 4.85. The van der Waals surface area contributed by atoms with Crippen molar-refractivity contribution in [3.05, 3.63) is 29.8 Å². The molecule has 1 atom stereocenters. The summed E-state index contributed by atoms with van der Waals surface area (Å²) in [6, 6.07) is 7.82. The zero-order valence-corrected chi connectivity index (χ0v) is 14.2. The predicted molar refractivity (Wildman–Crippen MR) is 90.0 cm³/mol. The molecule has 0 bridgehead atoms. The normalized spacial score (nSPS) is 20.5. The van der Waals surface area contributed by atoms with Crippen molar-refractivity contribution in [3.8, 4) is 0 Å². The zero-order valence-electron chi connectivity index (χ0n) is 12.5. The highest BCUT2D eigenvalue weighted by molar-refractivity contribution is 7.91. The maximum atomic E-state index is 11.7. The second-order valence-electron chi connectivity index (χ2n) is 5.55. The highest BCUT2D eigenvalue weighted by Crippen LogP contribution is 2.20. The van der Waals surface area contributed by atoms with E-state index in [4.69, 9.17) is 12.2 Å². The third kappa shape index (κ3) is 4.15. The van der Waals surface area contributed by atoms with E-state index in [0.717, 1.165) is 11.3 Å². The molecule has 0 aliphatic carbocycles. The summed E-state index contributed by atoms with van der Waals surface area (Å²) in [6.45, 7) is 2.02. The molecule has 7 heteroatoms. The minimum Gasteiger partial charge on any atom is -0.332 e. The van der Waals surface area contributed by atoms with Crippen molar-refractivity contribution in [3.63, 3.8) is 0 Å². The number of thiocarbonyl (C=S) groups is 1. The van der Waals surface area contributed by atoms with E-state index >= 15 is 0 Å². The Bertz CT molecular complexity index is 629. The molecule has 0 spiro atoms. The van der Waals surface area contributed by atoms with Gasteiger partial charge in [-0.2, -0.15) is 0 Å². The first-order chi connectivity index (χ1) is 9.78. The third-order valence-electron chi connectivity index (χ3n) is 3.46. The molecule has 0 saturated carbocycles. The van der Waals surface area contributed by atoms with Crippen molar-refractivity contribution < 1.29 is 8.42 Å². The maximum Gasteiger partial charge on any atom is 0.188 e. The van der Waals surface area contributed by atoms with E-state index in [1.54, 1.807) is 0 Å². The first-order valence-corrected chi connectivity index (χ1v) is 9.06. The number of benzene rings is 1. The van der Waals surface area contributed by atoms with Crippen LogP contribution >= 0.6 is 12.2 Å². The molecule has 5 nitrogen and oxygen atoms in total. The molecule has 1 heterocycles. The molecule has 1 aromatic rings. The smallest absolute Gasteiger partial charge is 0.188 e. The number of nitrogens with one attached hydrogen (secondary N) is 1. The topological polar surface area (TPSA) is 52.7 Å². The fourth-order valence-electron chi connectivity index (χ4n) is 2.55. The van der Waals surface area contributed by atoms with Crippen LogP contribution in [0.4, 0.5) is 5.69 Å². The summed E-state index contributed by atoms with van der Waals surface area (Å²) in [5, 5.41) is 7.40. The van der Waals surface area contributed by atoms with Gasteiger partial charge in [-0.1, -0.05) is 12.1 Å². The lowest BCUT2D eigenvalue weighted by Gasteiger charge is -2.36. The number of hydrazine groups is 1. The Balaban J connectivity index is 2.13. The Morgan fingerprint density at radius 3 is 2.62 bits per heavy atom. The predicted octanol–water partition coefficient (Wildman–Crippen LogP) is 1.66. The third-order valence-corrected chi connectivity index (χ3v) is 5.50. The summed E-state index contributed by atoms with van der Waals surface area (Å²) in [6.07, 6.45) is 0.607. The van der Waals surface area contributed by atoms with Gasteiger partial charge >= 0.3 is 0 Å². The maximum absolute atomic E-state index is 11.7. The van der Waals surface area contributed by atoms with Gasteiger partial charge in [0, 0.05) is 19.8 Å². The number of nitrogens with zero attached hydrogens (tertiary/aromatic N) is 2. The van der Waals surface area contributed by atoms with Crippen LogP contribution < -0.4 is 5.32 Å². The largest absolute Gasteiger partial charge is 0.332 e. The van der Waals surface area contributed by atoms with Gasteiger partial charge < -0.3 is 5.32 Å². The van der Waals surface area contributed by atoms with Crippen molar-refractivity contribution in [2.45, 2.75) is 19.4 Å². The molecular weight excluding hydrogens is 306 g/mol. The minimum absolute atomic E-state index is 0.102. The molecule has 0 radical (unpaired) electrons. The highest BCUT2D eigenvalue weighted by atomic mass is 32.2. The summed E-state index contributed by atoms with van der Waals surface area (Å²) in [5.74, 6) is 0.385. The van der Waals surface area contributed by atoms with Crippen LogP contribution in [0, 0.1) is 6.92 Å². The van der Waals surface area contributed by atoms with Crippen molar-refractivity contribution >= 4 is 32.9 Å². The van der Waals surface area contributed by atoms with Gasteiger partial charge in [0.15, 0.2) is 14.9 Å². The van der Waals surface area contributed by atoms with E-state index in [9.17, 15) is 8.42 Å². The lowest BCUT2D eigenvalue weighted by Crippen LogP contribution is -2.51. The van der Waals surface area contributed by atoms with E-state index in [2.05, 4.69) is 5.32 Å². The second kappa shape index (κ2) is 6.29. The van der Waals surface area contributed by atoms with Crippen LogP contribution in [0.5, 0.6) is 0 Å². The van der Waals surface area contributed by atoms with E-state index in [1.807, 2.05) is 55.3 Å². The summed E-state index contributed by atoms with van der Waals surface area (Å²) < 4.78 is 23.4. The van der Waals surface area contributed by atoms with Crippen molar-refractivity contribution in [2.75, 3.05) is 30.9 Å². The van der Waals surface area contributed by atoms with Crippen molar-refractivity contribution in [1.82, 2.24) is 10.0 Å². The summed E-state index contributed by atoms with van der Waals surface area (Å²) in [4.78, 5) is 0. The van der Waals surface area contributed by atoms with Crippen LogP contribution in [0.1, 0.15) is 12.0 Å². The molecule has 0 unspecified atom stereocenters. The molecular formula is C14H21N3O2S2. The van der Waals surface area contributed by atoms with Gasteiger partial charge in [0.05, 0.1) is 17.5 Å². The molecule has 2 rings (SSSR count). The van der Waals surface area contributed by atoms with Gasteiger partial charge in [-0.05, 0) is 43.3 Å². The molecule has 1 fully saturated rings. The molecule has 21 heavy (non-hydrogen) atoms. The average molecular weight is 327 g/mol. The molecule has 1 N–H and O–H groups in total. The standard InChI is InChI=1S/C14H21N3O2S2/c1-11-5-4-6-12(9-11)15-14(20)17(16(2)3)13-7-8-21(18,19)10-13/h4-6,9,13H,7-8,10H2,1-3H3,(H,15,20)/t13-/m0/s1. The van der Waals surface area contributed by atoms with Crippen LogP contribution in [0.25, 0.3) is 0 Å². The number of aryl methyl sites for hydroxylation is 1. The van der Waals surface area contributed by atoms with Crippen molar-refractivity contribution in [1.29, 1.82) is 0 Å². The van der Waals surface area contributed by atoms with Gasteiger partial charge in [0.2, 0.25) is 0 Å². The highest BCUT2D eigenvalue weighted by Gasteiger charge is 2.34. The molecule has 116 valence electrons. The molecule has 0 amide bonds. The number of sulfone groups is 1. The summed E-state index contributed by atoms with van der Waals surface area (Å²) in [5.41, 5.74) is 2.05. The summed E-state index contributed by atoms with van der Waals surface area (Å²) in [7, 11) is 0.798. The number of rotatable bonds is 3. The fourth-order valence-corrected chi connectivity index (χ4v) is 4.67. The van der Waals surface area contributed by atoms with E-state index in [0.29, 0.717) is 11.5 Å². The van der Waals surface area contributed by atoms with E-state index < -0.39 is 9.84 Å². The monoisotopic (exact) mass is 327 g/mol. The second-order valence-corrected chi connectivity index (χ2v) is 8.16. The van der Waals surface area contributed by atoms with Gasteiger partial charge in [-0.15, -0.1) is 0 Å². The molecule has 1 aliphatic heterocycles. The SMILES string of the molecule is Cc1cccc(NC(=S)N([C@H]2CCS(=O)(=O)C2)N(C)C)c1.